The van der Waals surface area contributed by atoms with Gasteiger partial charge < -0.3 is 0 Å². The summed E-state index contributed by atoms with van der Waals surface area (Å²) in [7, 11) is -2.92. The second-order valence-corrected chi connectivity index (χ2v) is 10.7. The number of hydrogen-bond acceptors (Lipinski definition) is 6. The molecule has 1 N–H and O–H groups in total. The predicted molar refractivity (Wildman–Crippen MR) is 98.6 cm³/mol. The Bertz CT molecular complexity index is 789. The molecular formula is C17H23N3O2S2. The number of nitrogens with one attached hydrogen (secondary N) is 1. The van der Waals surface area contributed by atoms with Gasteiger partial charge in [0.1, 0.15) is 5.66 Å². The highest BCUT2D eigenvalue weighted by atomic mass is 32.2. The summed E-state index contributed by atoms with van der Waals surface area (Å²) in [6, 6.07) is 8.59. The maximum atomic E-state index is 11.9. The van der Waals surface area contributed by atoms with Crippen LogP contribution in [0.1, 0.15) is 43.1 Å². The number of fused-ring (bicyclic) bond motifs is 1. The largest absolute Gasteiger partial charge is 0.281 e. The summed E-state index contributed by atoms with van der Waals surface area (Å²) in [4.78, 5) is 4.83. The summed E-state index contributed by atoms with van der Waals surface area (Å²) < 4.78 is 23.7. The molecule has 2 unspecified atom stereocenters. The summed E-state index contributed by atoms with van der Waals surface area (Å²) in [5.41, 5.74) is 5.84. The lowest BCUT2D eigenvalue weighted by atomic mass is 10.1. The van der Waals surface area contributed by atoms with Gasteiger partial charge in [-0.15, -0.1) is 0 Å². The second kappa shape index (κ2) is 5.75. The Balaban J connectivity index is 1.56. The Kier molecular flexibility index (Phi) is 3.93. The van der Waals surface area contributed by atoms with E-state index in [0.717, 1.165) is 18.0 Å². The lowest BCUT2D eigenvalue weighted by Crippen LogP contribution is -2.50. The van der Waals surface area contributed by atoms with Gasteiger partial charge in [-0.1, -0.05) is 36.0 Å². The van der Waals surface area contributed by atoms with Crippen molar-refractivity contribution in [2.75, 3.05) is 11.5 Å². The van der Waals surface area contributed by atoms with Crippen molar-refractivity contribution < 1.29 is 8.42 Å². The van der Waals surface area contributed by atoms with Crippen LogP contribution in [0.15, 0.2) is 29.3 Å². The number of aryl methyl sites for hydroxylation is 1. The molecule has 130 valence electrons. The molecule has 1 aliphatic carbocycles. The van der Waals surface area contributed by atoms with Gasteiger partial charge in [0.15, 0.2) is 15.0 Å². The van der Waals surface area contributed by atoms with Gasteiger partial charge in [0, 0.05) is 5.25 Å². The number of nitrogens with zero attached hydrogens (tertiary/aromatic N) is 2. The third-order valence-corrected chi connectivity index (χ3v) is 7.90. The number of thioether (sulfide) groups is 1. The highest BCUT2D eigenvalue weighted by Gasteiger charge is 2.41. The van der Waals surface area contributed by atoms with E-state index in [1.807, 2.05) is 18.9 Å². The maximum absolute atomic E-state index is 11.9. The van der Waals surface area contributed by atoms with Crippen molar-refractivity contribution >= 4 is 26.8 Å². The standard InChI is InChI=1S/C17H23N3O2S2/c1-17(2)18-16(20(19-17)13-9-10-24(21,22)11-13)23-15-8-7-12-5-3-4-6-14(12)15/h3-6,13,15,19H,7-11H2,1-2H3. The van der Waals surface area contributed by atoms with E-state index < -0.39 is 9.84 Å². The Morgan fingerprint density at radius 2 is 2.08 bits per heavy atom. The number of hydrogen-bond donors (Lipinski definition) is 1. The van der Waals surface area contributed by atoms with Crippen molar-refractivity contribution in [3.63, 3.8) is 0 Å². The van der Waals surface area contributed by atoms with Gasteiger partial charge in [0.25, 0.3) is 0 Å². The molecule has 3 aliphatic rings. The smallest absolute Gasteiger partial charge is 0.176 e. The van der Waals surface area contributed by atoms with Gasteiger partial charge >= 0.3 is 0 Å². The van der Waals surface area contributed by atoms with Crippen molar-refractivity contribution in [2.24, 2.45) is 4.99 Å². The molecule has 0 radical (unpaired) electrons. The topological polar surface area (TPSA) is 61.8 Å². The molecule has 0 spiro atoms. The van der Waals surface area contributed by atoms with Crippen molar-refractivity contribution in [1.29, 1.82) is 0 Å². The van der Waals surface area contributed by atoms with Crippen LogP contribution in [-0.2, 0) is 16.3 Å². The maximum Gasteiger partial charge on any atom is 0.176 e. The van der Waals surface area contributed by atoms with Gasteiger partial charge in [-0.2, -0.15) is 0 Å². The first-order valence-corrected chi connectivity index (χ1v) is 11.1. The van der Waals surface area contributed by atoms with Crippen LogP contribution in [-0.4, -0.2) is 41.8 Å². The third kappa shape index (κ3) is 3.09. The molecule has 24 heavy (non-hydrogen) atoms. The Hall–Kier alpha value is -1.05. The molecule has 1 fully saturated rings. The molecule has 1 aromatic rings. The average molecular weight is 366 g/mol. The first kappa shape index (κ1) is 16.4. The molecule has 1 saturated heterocycles. The molecule has 7 heteroatoms. The van der Waals surface area contributed by atoms with Crippen molar-refractivity contribution in [1.82, 2.24) is 10.4 Å². The van der Waals surface area contributed by atoms with Crippen LogP contribution in [0.3, 0.4) is 0 Å². The molecule has 2 atom stereocenters. The van der Waals surface area contributed by atoms with E-state index in [-0.39, 0.29) is 23.2 Å². The molecule has 2 heterocycles. The van der Waals surface area contributed by atoms with E-state index in [4.69, 9.17) is 4.99 Å². The number of amidine groups is 1. The Labute approximate surface area is 147 Å². The fraction of sp³-hybridized carbons (Fsp3) is 0.588. The van der Waals surface area contributed by atoms with Gasteiger partial charge in [0.2, 0.25) is 0 Å². The van der Waals surface area contributed by atoms with Gasteiger partial charge in [-0.3, -0.25) is 5.01 Å². The summed E-state index contributed by atoms with van der Waals surface area (Å²) in [5, 5.41) is 3.36. The van der Waals surface area contributed by atoms with Crippen molar-refractivity contribution in [3.8, 4) is 0 Å². The lowest BCUT2D eigenvalue weighted by Gasteiger charge is -2.29. The van der Waals surface area contributed by atoms with Crippen LogP contribution in [0, 0.1) is 0 Å². The van der Waals surface area contributed by atoms with Gasteiger partial charge in [0.05, 0.1) is 17.5 Å². The number of benzene rings is 1. The molecule has 0 bridgehead atoms. The molecule has 0 aromatic heterocycles. The van der Waals surface area contributed by atoms with E-state index >= 15 is 0 Å². The number of sulfone groups is 1. The van der Waals surface area contributed by atoms with E-state index in [1.54, 1.807) is 11.8 Å². The predicted octanol–water partition coefficient (Wildman–Crippen LogP) is 2.51. The number of aliphatic imine (C=N–C) groups is 1. The second-order valence-electron chi connectivity index (χ2n) is 7.34. The zero-order valence-corrected chi connectivity index (χ0v) is 15.7. The van der Waals surface area contributed by atoms with Crippen molar-refractivity contribution in [3.05, 3.63) is 35.4 Å². The summed E-state index contributed by atoms with van der Waals surface area (Å²) in [6.07, 6.45) is 2.89. The minimum absolute atomic E-state index is 0.0142. The molecular weight excluding hydrogens is 342 g/mol. The molecule has 1 aromatic carbocycles. The summed E-state index contributed by atoms with van der Waals surface area (Å²) in [5.74, 6) is 0.497. The van der Waals surface area contributed by atoms with E-state index in [1.165, 1.54) is 11.1 Å². The van der Waals surface area contributed by atoms with Crippen LogP contribution in [0.4, 0.5) is 0 Å². The number of rotatable bonds is 2. The fourth-order valence-corrected chi connectivity index (χ4v) is 6.87. The summed E-state index contributed by atoms with van der Waals surface area (Å²) in [6.45, 7) is 4.05. The Morgan fingerprint density at radius 1 is 1.29 bits per heavy atom. The lowest BCUT2D eigenvalue weighted by molar-refractivity contribution is 0.204. The minimum Gasteiger partial charge on any atom is -0.281 e. The van der Waals surface area contributed by atoms with Crippen LogP contribution in [0.5, 0.6) is 0 Å². The van der Waals surface area contributed by atoms with Crippen LogP contribution in [0.2, 0.25) is 0 Å². The Morgan fingerprint density at radius 3 is 2.83 bits per heavy atom. The number of hydrazine groups is 1. The molecule has 2 aliphatic heterocycles. The summed E-state index contributed by atoms with van der Waals surface area (Å²) >= 11 is 1.77. The van der Waals surface area contributed by atoms with Gasteiger partial charge in [-0.05, 0) is 44.2 Å². The molecule has 4 rings (SSSR count). The highest BCUT2D eigenvalue weighted by Crippen LogP contribution is 2.43. The first-order chi connectivity index (χ1) is 11.3. The quantitative estimate of drug-likeness (QED) is 0.872. The SMILES string of the molecule is CC1(C)N=C(SC2CCc3ccccc32)N(C2CCS(=O)(=O)C2)N1. The molecule has 5 nitrogen and oxygen atoms in total. The monoisotopic (exact) mass is 365 g/mol. The first-order valence-electron chi connectivity index (χ1n) is 8.45. The van der Waals surface area contributed by atoms with Crippen LogP contribution < -0.4 is 5.43 Å². The zero-order chi connectivity index (χ0) is 16.9. The average Bonchev–Trinajstić information content (AvgIpc) is 3.16. The highest BCUT2D eigenvalue weighted by molar-refractivity contribution is 8.14. The van der Waals surface area contributed by atoms with Gasteiger partial charge in [-0.25, -0.2) is 18.8 Å². The van der Waals surface area contributed by atoms with Crippen LogP contribution in [0.25, 0.3) is 0 Å². The minimum atomic E-state index is -2.92. The third-order valence-electron chi connectivity index (χ3n) is 4.87. The molecule has 0 amide bonds. The van der Waals surface area contributed by atoms with Crippen LogP contribution >= 0.6 is 11.8 Å². The van der Waals surface area contributed by atoms with Crippen molar-refractivity contribution in [2.45, 2.75) is 50.1 Å². The normalized spacial score (nSPS) is 30.4. The fourth-order valence-electron chi connectivity index (χ4n) is 3.74. The van der Waals surface area contributed by atoms with E-state index in [2.05, 4.69) is 29.7 Å². The molecule has 0 saturated carbocycles. The van der Waals surface area contributed by atoms with E-state index in [9.17, 15) is 8.42 Å². The van der Waals surface area contributed by atoms with E-state index in [0.29, 0.717) is 11.7 Å². The zero-order valence-electron chi connectivity index (χ0n) is 14.0.